The molecule has 0 saturated heterocycles. The second-order valence-corrected chi connectivity index (χ2v) is 8.69. The third-order valence-corrected chi connectivity index (χ3v) is 6.34. The molecule has 4 N–H and O–H groups in total. The van der Waals surface area contributed by atoms with E-state index in [1.807, 2.05) is 24.3 Å². The van der Waals surface area contributed by atoms with Crippen LogP contribution in [0, 0.1) is 0 Å². The van der Waals surface area contributed by atoms with Crippen molar-refractivity contribution in [3.63, 3.8) is 0 Å². The van der Waals surface area contributed by atoms with Crippen LogP contribution in [0.5, 0.6) is 0 Å². The van der Waals surface area contributed by atoms with Crippen LogP contribution in [0.15, 0.2) is 53.9 Å². The van der Waals surface area contributed by atoms with E-state index in [4.69, 9.17) is 9.84 Å². The largest absolute Gasteiger partial charge is 0.479 e. The molecule has 2 amide bonds. The molecule has 0 radical (unpaired) electrons. The number of ether oxygens (including phenoxy) is 1. The lowest BCUT2D eigenvalue weighted by molar-refractivity contribution is -0.146. The van der Waals surface area contributed by atoms with Crippen molar-refractivity contribution < 1.29 is 29.3 Å². The number of aliphatic carboxylic acids is 1. The number of benzene rings is 2. The summed E-state index contributed by atoms with van der Waals surface area (Å²) in [6.45, 7) is -0.0134. The Labute approximate surface area is 199 Å². The molecular formula is C24H23N3O6S. The fourth-order valence-electron chi connectivity index (χ4n) is 3.83. The number of hydrogen-bond acceptors (Lipinski definition) is 7. The predicted molar refractivity (Wildman–Crippen MR) is 124 cm³/mol. The number of carboxylic acids is 1. The molecule has 4 rings (SSSR count). The molecule has 9 nitrogen and oxygen atoms in total. The Morgan fingerprint density at radius 1 is 1.03 bits per heavy atom. The van der Waals surface area contributed by atoms with E-state index in [1.54, 1.807) is 5.38 Å². The van der Waals surface area contributed by atoms with Crippen molar-refractivity contribution >= 4 is 29.3 Å². The monoisotopic (exact) mass is 481 g/mol. The van der Waals surface area contributed by atoms with Gasteiger partial charge in [0.2, 0.25) is 5.91 Å². The minimum absolute atomic E-state index is 0.0252. The zero-order chi connectivity index (χ0) is 24.1. The third-order valence-electron chi connectivity index (χ3n) is 5.45. The number of carboxylic acid groups (broad SMARTS) is 1. The lowest BCUT2D eigenvalue weighted by Crippen LogP contribution is -2.37. The summed E-state index contributed by atoms with van der Waals surface area (Å²) in [6.07, 6.45) is -2.27. The Bertz CT molecular complexity index is 1170. The zero-order valence-corrected chi connectivity index (χ0v) is 18.9. The molecular weight excluding hydrogens is 458 g/mol. The summed E-state index contributed by atoms with van der Waals surface area (Å²) in [5.74, 6) is -1.89. The average Bonchev–Trinajstić information content (AvgIpc) is 3.41. The highest BCUT2D eigenvalue weighted by Gasteiger charge is 2.29. The summed E-state index contributed by atoms with van der Waals surface area (Å²) in [5, 5.41) is 25.1. The fraction of sp³-hybridized carbons (Fsp3) is 0.250. The van der Waals surface area contributed by atoms with Gasteiger partial charge < -0.3 is 25.6 Å². The van der Waals surface area contributed by atoms with Crippen LogP contribution in [-0.2, 0) is 27.3 Å². The van der Waals surface area contributed by atoms with Crippen molar-refractivity contribution in [1.29, 1.82) is 0 Å². The molecule has 1 aliphatic carbocycles. The van der Waals surface area contributed by atoms with Crippen LogP contribution in [0.2, 0.25) is 0 Å². The standard InChI is InChI=1S/C24H23N3O6S/c28-20(23(30)31)10-25-21(29)9-14-13-34-22(27-14)11-26-24(32)33-12-19-17-7-3-1-5-15(17)16-6-2-4-8-18(16)19/h1-8,13,19-20,28H,9-12H2,(H,25,29)(H,26,32)(H,30,31)/t20-/m0/s1. The molecule has 0 fully saturated rings. The van der Waals surface area contributed by atoms with Crippen LogP contribution in [0.25, 0.3) is 11.1 Å². The summed E-state index contributed by atoms with van der Waals surface area (Å²) in [7, 11) is 0. The molecule has 0 spiro atoms. The molecule has 10 heteroatoms. The second kappa shape index (κ2) is 10.4. The molecule has 0 aliphatic heterocycles. The van der Waals surface area contributed by atoms with Crippen molar-refractivity contribution in [2.45, 2.75) is 25.0 Å². The van der Waals surface area contributed by atoms with Gasteiger partial charge in [0.15, 0.2) is 6.10 Å². The molecule has 0 bridgehead atoms. The lowest BCUT2D eigenvalue weighted by Gasteiger charge is -2.14. The van der Waals surface area contributed by atoms with Gasteiger partial charge in [0.25, 0.3) is 0 Å². The third kappa shape index (κ3) is 5.41. The number of fused-ring (bicyclic) bond motifs is 3. The van der Waals surface area contributed by atoms with Crippen LogP contribution in [-0.4, -0.2) is 52.4 Å². The molecule has 3 aromatic rings. The van der Waals surface area contributed by atoms with Gasteiger partial charge in [0.1, 0.15) is 11.6 Å². The maximum absolute atomic E-state index is 12.3. The first kappa shape index (κ1) is 23.4. The summed E-state index contributed by atoms with van der Waals surface area (Å²) < 4.78 is 5.50. The Balaban J connectivity index is 1.25. The van der Waals surface area contributed by atoms with E-state index in [0.717, 1.165) is 22.3 Å². The van der Waals surface area contributed by atoms with E-state index >= 15 is 0 Å². The van der Waals surface area contributed by atoms with Gasteiger partial charge in [-0.3, -0.25) is 4.79 Å². The first-order chi connectivity index (χ1) is 16.4. The van der Waals surface area contributed by atoms with Gasteiger partial charge in [-0.05, 0) is 22.3 Å². The van der Waals surface area contributed by atoms with Gasteiger partial charge in [-0.2, -0.15) is 0 Å². The normalized spacial score (nSPS) is 13.0. The van der Waals surface area contributed by atoms with Crippen molar-refractivity contribution in [3.05, 3.63) is 75.7 Å². The number of alkyl carbamates (subject to hydrolysis) is 1. The number of aliphatic hydroxyl groups excluding tert-OH is 1. The Morgan fingerprint density at radius 2 is 1.68 bits per heavy atom. The molecule has 34 heavy (non-hydrogen) atoms. The fourth-order valence-corrected chi connectivity index (χ4v) is 4.57. The summed E-state index contributed by atoms with van der Waals surface area (Å²) in [6, 6.07) is 16.2. The van der Waals surface area contributed by atoms with Crippen molar-refractivity contribution in [3.8, 4) is 11.1 Å². The number of carbonyl (C=O) groups is 3. The zero-order valence-electron chi connectivity index (χ0n) is 18.1. The van der Waals surface area contributed by atoms with Gasteiger partial charge in [-0.25, -0.2) is 14.6 Å². The minimum Gasteiger partial charge on any atom is -0.479 e. The first-order valence-corrected chi connectivity index (χ1v) is 11.5. The number of hydrogen-bond donors (Lipinski definition) is 4. The number of amides is 2. The maximum atomic E-state index is 12.3. The topological polar surface area (TPSA) is 138 Å². The Hall–Kier alpha value is -3.76. The van der Waals surface area contributed by atoms with Crippen LogP contribution in [0.4, 0.5) is 4.79 Å². The highest BCUT2D eigenvalue weighted by atomic mass is 32.1. The van der Waals surface area contributed by atoms with E-state index in [-0.39, 0.29) is 32.0 Å². The quantitative estimate of drug-likeness (QED) is 0.368. The smallest absolute Gasteiger partial charge is 0.407 e. The van der Waals surface area contributed by atoms with Crippen LogP contribution < -0.4 is 10.6 Å². The molecule has 0 saturated carbocycles. The second-order valence-electron chi connectivity index (χ2n) is 7.75. The Morgan fingerprint density at radius 3 is 2.32 bits per heavy atom. The molecule has 1 aliphatic rings. The number of carbonyl (C=O) groups excluding carboxylic acids is 2. The molecule has 176 valence electrons. The molecule has 0 unspecified atom stereocenters. The van der Waals surface area contributed by atoms with Crippen LogP contribution in [0.1, 0.15) is 27.7 Å². The number of thiazole rings is 1. The molecule has 2 aromatic carbocycles. The first-order valence-electron chi connectivity index (χ1n) is 10.6. The van der Waals surface area contributed by atoms with E-state index in [2.05, 4.69) is 39.9 Å². The van der Waals surface area contributed by atoms with Crippen molar-refractivity contribution in [2.24, 2.45) is 0 Å². The van der Waals surface area contributed by atoms with E-state index in [1.165, 1.54) is 11.3 Å². The summed E-state index contributed by atoms with van der Waals surface area (Å²) >= 11 is 1.28. The summed E-state index contributed by atoms with van der Waals surface area (Å²) in [5.41, 5.74) is 5.06. The maximum Gasteiger partial charge on any atom is 0.407 e. The molecule has 1 aromatic heterocycles. The lowest BCUT2D eigenvalue weighted by atomic mass is 9.98. The molecule has 1 heterocycles. The number of aliphatic hydroxyl groups is 1. The van der Waals surface area contributed by atoms with Crippen molar-refractivity contribution in [1.82, 2.24) is 15.6 Å². The van der Waals surface area contributed by atoms with E-state index < -0.39 is 24.1 Å². The van der Waals surface area contributed by atoms with E-state index in [0.29, 0.717) is 10.7 Å². The van der Waals surface area contributed by atoms with Gasteiger partial charge in [-0.1, -0.05) is 48.5 Å². The number of nitrogens with one attached hydrogen (secondary N) is 2. The number of aromatic nitrogens is 1. The van der Waals surface area contributed by atoms with Gasteiger partial charge in [0, 0.05) is 11.3 Å². The Kier molecular flexibility index (Phi) is 7.19. The average molecular weight is 482 g/mol. The van der Waals surface area contributed by atoms with Crippen LogP contribution >= 0.6 is 11.3 Å². The summed E-state index contributed by atoms with van der Waals surface area (Å²) in [4.78, 5) is 39.0. The van der Waals surface area contributed by atoms with Crippen LogP contribution in [0.3, 0.4) is 0 Å². The number of nitrogens with zero attached hydrogens (tertiary/aromatic N) is 1. The van der Waals surface area contributed by atoms with E-state index in [9.17, 15) is 19.5 Å². The molecule has 1 atom stereocenters. The predicted octanol–water partition coefficient (Wildman–Crippen LogP) is 2.29. The minimum atomic E-state index is -1.66. The van der Waals surface area contributed by atoms with Gasteiger partial charge in [0.05, 0.1) is 25.2 Å². The van der Waals surface area contributed by atoms with Gasteiger partial charge in [-0.15, -0.1) is 11.3 Å². The SMILES string of the molecule is O=C(Cc1csc(CNC(=O)OCC2c3ccccc3-c3ccccc32)n1)NC[C@H](O)C(=O)O. The highest BCUT2D eigenvalue weighted by molar-refractivity contribution is 7.09. The number of rotatable bonds is 9. The van der Waals surface area contributed by atoms with Gasteiger partial charge >= 0.3 is 12.1 Å². The van der Waals surface area contributed by atoms with Crippen molar-refractivity contribution in [2.75, 3.05) is 13.2 Å². The highest BCUT2D eigenvalue weighted by Crippen LogP contribution is 2.44.